The van der Waals surface area contributed by atoms with E-state index in [1.165, 1.54) is 0 Å². The van der Waals surface area contributed by atoms with Gasteiger partial charge in [-0.15, -0.1) is 0 Å². The molecule has 4 heteroatoms. The van der Waals surface area contributed by atoms with Crippen LogP contribution in [-0.4, -0.2) is 30.6 Å². The van der Waals surface area contributed by atoms with Crippen LogP contribution < -0.4 is 0 Å². The van der Waals surface area contributed by atoms with E-state index in [9.17, 15) is 0 Å². The van der Waals surface area contributed by atoms with Crippen molar-refractivity contribution >= 4 is 0 Å². The highest BCUT2D eigenvalue weighted by molar-refractivity contribution is 4.82. The van der Waals surface area contributed by atoms with Crippen molar-refractivity contribution in [2.75, 3.05) is 13.2 Å². The fraction of sp³-hybridized carbons (Fsp3) is 1.00. The van der Waals surface area contributed by atoms with Gasteiger partial charge in [-0.05, 0) is 27.7 Å². The molecule has 2 heterocycles. The van der Waals surface area contributed by atoms with Crippen molar-refractivity contribution in [2.45, 2.75) is 45.1 Å². The topological polar surface area (TPSA) is 43.5 Å². The van der Waals surface area contributed by atoms with Gasteiger partial charge in [0, 0.05) is 0 Å². The zero-order valence-electron chi connectivity index (χ0n) is 8.55. The summed E-state index contributed by atoms with van der Waals surface area (Å²) in [6.07, 6.45) is 0. The van der Waals surface area contributed by atoms with Crippen LogP contribution in [0.4, 0.5) is 0 Å². The molecule has 0 radical (unpaired) electrons. The summed E-state index contributed by atoms with van der Waals surface area (Å²) in [6, 6.07) is 0. The van der Waals surface area contributed by atoms with Crippen molar-refractivity contribution in [1.82, 2.24) is 0 Å². The monoisotopic (exact) mass is 188 g/mol. The highest BCUT2D eigenvalue weighted by Crippen LogP contribution is 2.38. The van der Waals surface area contributed by atoms with Gasteiger partial charge in [-0.2, -0.15) is 0 Å². The van der Waals surface area contributed by atoms with E-state index < -0.39 is 17.4 Å². The van der Waals surface area contributed by atoms with Gasteiger partial charge in [0.2, 0.25) is 0 Å². The summed E-state index contributed by atoms with van der Waals surface area (Å²) in [6.45, 7) is 8.80. The van der Waals surface area contributed by atoms with E-state index in [1.807, 2.05) is 27.7 Å². The summed E-state index contributed by atoms with van der Waals surface area (Å²) in [4.78, 5) is 0. The van der Waals surface area contributed by atoms with Crippen molar-refractivity contribution < 1.29 is 18.9 Å². The first-order chi connectivity index (χ1) is 5.83. The van der Waals surface area contributed by atoms with Crippen molar-refractivity contribution in [3.05, 3.63) is 0 Å². The van der Waals surface area contributed by atoms with Crippen LogP contribution in [0.5, 0.6) is 0 Å². The minimum Gasteiger partial charge on any atom is -0.342 e. The smallest absolute Gasteiger partial charge is 0.192 e. The third kappa shape index (κ3) is 2.40. The molecule has 0 aromatic carbocycles. The Labute approximate surface area is 78.1 Å². The lowest BCUT2D eigenvalue weighted by atomic mass is 10.3. The van der Waals surface area contributed by atoms with Crippen molar-refractivity contribution in [1.29, 1.82) is 0 Å². The number of rotatable bonds is 4. The fourth-order valence-electron chi connectivity index (χ4n) is 1.38. The molecule has 2 aliphatic rings. The number of epoxide rings is 2. The Hall–Kier alpha value is -0.160. The van der Waals surface area contributed by atoms with E-state index in [0.717, 1.165) is 0 Å². The molecule has 2 saturated heterocycles. The molecule has 0 aromatic heterocycles. The molecule has 0 aliphatic carbocycles. The Morgan fingerprint density at radius 1 is 1.00 bits per heavy atom. The average molecular weight is 188 g/mol. The molecule has 76 valence electrons. The Morgan fingerprint density at radius 3 is 1.54 bits per heavy atom. The van der Waals surface area contributed by atoms with Gasteiger partial charge in [-0.25, -0.2) is 0 Å². The molecule has 0 spiro atoms. The van der Waals surface area contributed by atoms with Gasteiger partial charge in [0.1, 0.15) is 13.2 Å². The van der Waals surface area contributed by atoms with E-state index >= 15 is 0 Å². The number of hydrogen-bond donors (Lipinski definition) is 0. The zero-order valence-corrected chi connectivity index (χ0v) is 8.55. The average Bonchev–Trinajstić information content (AvgIpc) is 2.74. The molecule has 13 heavy (non-hydrogen) atoms. The molecule has 0 amide bonds. The quantitative estimate of drug-likeness (QED) is 0.492. The van der Waals surface area contributed by atoms with Gasteiger partial charge in [0.05, 0.1) is 0 Å². The molecule has 0 aromatic rings. The number of ether oxygens (including phenoxy) is 4. The van der Waals surface area contributed by atoms with Gasteiger partial charge in [-0.3, -0.25) is 0 Å². The normalized spacial score (nSPS) is 43.4. The third-order valence-corrected chi connectivity index (χ3v) is 2.03. The highest BCUT2D eigenvalue weighted by Gasteiger charge is 2.51. The molecular weight excluding hydrogens is 172 g/mol. The maximum atomic E-state index is 5.63. The summed E-state index contributed by atoms with van der Waals surface area (Å²) in [5, 5.41) is 0. The van der Waals surface area contributed by atoms with Gasteiger partial charge >= 0.3 is 0 Å². The molecule has 0 bridgehead atoms. The Balaban J connectivity index is 1.87. The molecule has 0 N–H and O–H groups in total. The minimum absolute atomic E-state index is 0.450. The molecule has 2 aliphatic heterocycles. The van der Waals surface area contributed by atoms with Gasteiger partial charge in [0.15, 0.2) is 17.4 Å². The van der Waals surface area contributed by atoms with Crippen molar-refractivity contribution in [3.63, 3.8) is 0 Å². The van der Waals surface area contributed by atoms with Gasteiger partial charge in [-0.1, -0.05) is 0 Å². The third-order valence-electron chi connectivity index (χ3n) is 2.03. The lowest BCUT2D eigenvalue weighted by molar-refractivity contribution is -0.298. The van der Waals surface area contributed by atoms with E-state index in [2.05, 4.69) is 0 Å². The molecule has 2 atom stereocenters. The second-order valence-corrected chi connectivity index (χ2v) is 4.45. The van der Waals surface area contributed by atoms with Crippen molar-refractivity contribution in [2.24, 2.45) is 0 Å². The molecule has 2 rings (SSSR count). The predicted molar refractivity (Wildman–Crippen MR) is 45.0 cm³/mol. The molecule has 0 saturated carbocycles. The first-order valence-electron chi connectivity index (χ1n) is 4.51. The van der Waals surface area contributed by atoms with Crippen LogP contribution in [0.3, 0.4) is 0 Å². The van der Waals surface area contributed by atoms with Gasteiger partial charge < -0.3 is 18.9 Å². The first-order valence-corrected chi connectivity index (χ1v) is 4.51. The fourth-order valence-corrected chi connectivity index (χ4v) is 1.38. The van der Waals surface area contributed by atoms with E-state index in [1.54, 1.807) is 0 Å². The van der Waals surface area contributed by atoms with Crippen molar-refractivity contribution in [3.8, 4) is 0 Å². The highest BCUT2D eigenvalue weighted by atomic mass is 16.9. The Morgan fingerprint density at radius 2 is 1.31 bits per heavy atom. The molecule has 2 fully saturated rings. The summed E-state index contributed by atoms with van der Waals surface area (Å²) in [5.41, 5.74) is 0. The Kier molecular flexibility index (Phi) is 1.77. The maximum absolute atomic E-state index is 5.63. The van der Waals surface area contributed by atoms with Crippen LogP contribution in [0.15, 0.2) is 0 Å². The molecular formula is C9H16O4. The van der Waals surface area contributed by atoms with Crippen LogP contribution in [0.2, 0.25) is 0 Å². The lowest BCUT2D eigenvalue weighted by Crippen LogP contribution is -2.38. The van der Waals surface area contributed by atoms with Crippen LogP contribution in [0.25, 0.3) is 0 Å². The molecule has 4 nitrogen and oxygen atoms in total. The largest absolute Gasteiger partial charge is 0.342 e. The van der Waals surface area contributed by atoms with E-state index in [4.69, 9.17) is 18.9 Å². The van der Waals surface area contributed by atoms with E-state index in [-0.39, 0.29) is 0 Å². The first kappa shape index (κ1) is 9.40. The Bertz CT molecular complexity index is 194. The SMILES string of the molecule is CC(C)(OC1(C)CO1)OC1(C)CO1. The predicted octanol–water partition coefficient (Wildman–Crippen LogP) is 1.25. The second-order valence-electron chi connectivity index (χ2n) is 4.45. The molecule has 2 unspecified atom stereocenters. The van der Waals surface area contributed by atoms with Crippen LogP contribution in [0, 0.1) is 0 Å². The summed E-state index contributed by atoms with van der Waals surface area (Å²) < 4.78 is 21.5. The second kappa shape index (κ2) is 2.45. The van der Waals surface area contributed by atoms with Crippen LogP contribution in [-0.2, 0) is 18.9 Å². The zero-order chi connectivity index (χ0) is 9.74. The summed E-state index contributed by atoms with van der Waals surface area (Å²) in [7, 11) is 0. The standard InChI is InChI=1S/C9H16O4/c1-7(2,12-8(3)5-10-8)13-9(4)6-11-9/h5-6H2,1-4H3. The van der Waals surface area contributed by atoms with Crippen LogP contribution in [0.1, 0.15) is 27.7 Å². The number of hydrogen-bond acceptors (Lipinski definition) is 4. The van der Waals surface area contributed by atoms with Crippen LogP contribution >= 0.6 is 0 Å². The maximum Gasteiger partial charge on any atom is 0.192 e. The van der Waals surface area contributed by atoms with E-state index in [0.29, 0.717) is 13.2 Å². The summed E-state index contributed by atoms with van der Waals surface area (Å²) in [5.74, 6) is -1.56. The lowest BCUT2D eigenvalue weighted by Gasteiger charge is -2.29. The van der Waals surface area contributed by atoms with Gasteiger partial charge in [0.25, 0.3) is 0 Å². The minimum atomic E-state index is -0.656. The summed E-state index contributed by atoms with van der Waals surface area (Å²) >= 11 is 0.